The van der Waals surface area contributed by atoms with Crippen LogP contribution in [0.2, 0.25) is 0 Å². The van der Waals surface area contributed by atoms with Gasteiger partial charge in [-0.1, -0.05) is 96.8 Å². The van der Waals surface area contributed by atoms with E-state index in [1.165, 1.54) is 89.2 Å². The van der Waals surface area contributed by atoms with Crippen molar-refractivity contribution in [1.29, 1.82) is 0 Å². The van der Waals surface area contributed by atoms with Crippen molar-refractivity contribution in [2.24, 2.45) is 0 Å². The molecule has 0 heterocycles. The third-order valence-corrected chi connectivity index (χ3v) is 6.35. The average Bonchev–Trinajstić information content (AvgIpc) is 2.69. The minimum Gasteiger partial charge on any atom is -0.399 e. The molecule has 0 saturated heterocycles. The summed E-state index contributed by atoms with van der Waals surface area (Å²) in [6.45, 7) is 2.26. The molecule has 0 atom stereocenters. The van der Waals surface area contributed by atoms with E-state index in [2.05, 4.69) is 12.2 Å². The van der Waals surface area contributed by atoms with Gasteiger partial charge in [0.05, 0.1) is 0 Å². The molecule has 0 radical (unpaired) electrons. The minimum atomic E-state index is -4.15. The third kappa shape index (κ3) is 16.1. The topological polar surface area (TPSA) is 109 Å². The average molecular weight is 469 g/mol. The summed E-state index contributed by atoms with van der Waals surface area (Å²) in [6, 6.07) is 4.57. The second-order valence-electron chi connectivity index (χ2n) is 8.94. The van der Waals surface area contributed by atoms with Gasteiger partial charge in [0.2, 0.25) is 5.91 Å². The Morgan fingerprint density at radius 3 is 1.75 bits per heavy atom. The molecular formula is C25H44N2O4S. The molecule has 7 heteroatoms. The van der Waals surface area contributed by atoms with Gasteiger partial charge >= 0.3 is 0 Å². The van der Waals surface area contributed by atoms with Gasteiger partial charge in [-0.25, -0.2) is 0 Å². The quantitative estimate of drug-likeness (QED) is 0.117. The van der Waals surface area contributed by atoms with Gasteiger partial charge in [-0.3, -0.25) is 9.35 Å². The number of carbonyl (C=O) groups is 1. The van der Waals surface area contributed by atoms with Gasteiger partial charge in [0.25, 0.3) is 10.1 Å². The lowest BCUT2D eigenvalue weighted by Crippen LogP contribution is -2.12. The lowest BCUT2D eigenvalue weighted by molar-refractivity contribution is -0.116. The second-order valence-corrected chi connectivity index (χ2v) is 10.4. The van der Waals surface area contributed by atoms with Gasteiger partial charge in [0.15, 0.2) is 0 Å². The van der Waals surface area contributed by atoms with E-state index in [0.717, 1.165) is 19.3 Å². The number of nitrogen functional groups attached to an aromatic ring is 1. The van der Waals surface area contributed by atoms with Crippen molar-refractivity contribution in [3.8, 4) is 0 Å². The van der Waals surface area contributed by atoms with Crippen molar-refractivity contribution in [3.63, 3.8) is 0 Å². The highest BCUT2D eigenvalue weighted by Gasteiger charge is 2.10. The van der Waals surface area contributed by atoms with Crippen molar-refractivity contribution in [2.75, 3.05) is 11.1 Å². The van der Waals surface area contributed by atoms with E-state index in [1.54, 1.807) is 6.07 Å². The first kappa shape index (κ1) is 28.4. The molecule has 0 aliphatic rings. The fourth-order valence-electron chi connectivity index (χ4n) is 3.96. The van der Waals surface area contributed by atoms with Crippen LogP contribution >= 0.6 is 0 Å². The van der Waals surface area contributed by atoms with Gasteiger partial charge in [0.1, 0.15) is 5.75 Å². The Morgan fingerprint density at radius 2 is 1.28 bits per heavy atom. The van der Waals surface area contributed by atoms with E-state index in [-0.39, 0.29) is 5.91 Å². The first-order valence-corrected chi connectivity index (χ1v) is 14.1. The molecule has 1 amide bonds. The Kier molecular flexibility index (Phi) is 15.1. The van der Waals surface area contributed by atoms with Crippen LogP contribution < -0.4 is 11.1 Å². The summed E-state index contributed by atoms with van der Waals surface area (Å²) in [6.07, 6.45) is 19.7. The Morgan fingerprint density at radius 1 is 0.812 bits per heavy atom. The van der Waals surface area contributed by atoms with Crippen LogP contribution in [-0.4, -0.2) is 18.9 Å². The molecule has 1 aromatic rings. The smallest absolute Gasteiger partial charge is 0.269 e. The van der Waals surface area contributed by atoms with Gasteiger partial charge in [-0.15, -0.1) is 0 Å². The van der Waals surface area contributed by atoms with E-state index in [1.807, 2.05) is 0 Å². The highest BCUT2D eigenvalue weighted by atomic mass is 32.2. The normalized spacial score (nSPS) is 11.6. The Labute approximate surface area is 195 Å². The van der Waals surface area contributed by atoms with E-state index < -0.39 is 15.9 Å². The summed E-state index contributed by atoms with van der Waals surface area (Å²) in [5.41, 5.74) is 6.90. The maximum Gasteiger partial charge on any atom is 0.269 e. The lowest BCUT2D eigenvalue weighted by Gasteiger charge is -2.09. The number of amides is 1. The van der Waals surface area contributed by atoms with Crippen LogP contribution in [0.3, 0.4) is 0 Å². The summed E-state index contributed by atoms with van der Waals surface area (Å²) < 4.78 is 31.1. The molecule has 0 aromatic heterocycles. The van der Waals surface area contributed by atoms with Crippen molar-refractivity contribution >= 4 is 27.4 Å². The number of unbranched alkanes of at least 4 members (excludes halogenated alkanes) is 14. The minimum absolute atomic E-state index is 0.108. The van der Waals surface area contributed by atoms with E-state index >= 15 is 0 Å². The van der Waals surface area contributed by atoms with Crippen LogP contribution in [0, 0.1) is 0 Å². The van der Waals surface area contributed by atoms with Gasteiger partial charge in [0, 0.05) is 17.8 Å². The maximum atomic E-state index is 12.1. The molecule has 4 N–H and O–H groups in total. The molecule has 0 aliphatic heterocycles. The third-order valence-electron chi connectivity index (χ3n) is 5.66. The Bertz CT molecular complexity index is 750. The number of rotatable bonds is 19. The first-order chi connectivity index (χ1) is 15.3. The zero-order chi connectivity index (χ0) is 23.7. The molecular weight excluding hydrogens is 424 g/mol. The van der Waals surface area contributed by atoms with Crippen LogP contribution in [-0.2, 0) is 20.7 Å². The fourth-order valence-corrected chi connectivity index (χ4v) is 4.55. The number of nitrogens with one attached hydrogen (secondary N) is 1. The standard InChI is InChI=1S/C25H44N2O4S/c1-2-3-4-5-6-7-8-9-10-11-12-13-14-15-16-17-25(28)27-24-19-22(18-23(26)20-24)21-32(29,30)31/h18-20H,2-17,21,26H2,1H3,(H,27,28)(H,29,30,31). The first-order valence-electron chi connectivity index (χ1n) is 12.4. The Balaban J connectivity index is 2.03. The zero-order valence-electron chi connectivity index (χ0n) is 19.9. The second kappa shape index (κ2) is 17.0. The Hall–Kier alpha value is -1.60. The van der Waals surface area contributed by atoms with E-state index in [9.17, 15) is 13.2 Å². The number of benzene rings is 1. The molecule has 0 unspecified atom stereocenters. The van der Waals surface area contributed by atoms with Gasteiger partial charge < -0.3 is 11.1 Å². The number of nitrogens with two attached hydrogens (primary N) is 1. The molecule has 0 bridgehead atoms. The number of carbonyl (C=O) groups excluding carboxylic acids is 1. The number of hydrogen-bond acceptors (Lipinski definition) is 4. The molecule has 0 spiro atoms. The summed E-state index contributed by atoms with van der Waals surface area (Å²) in [4.78, 5) is 12.1. The summed E-state index contributed by atoms with van der Waals surface area (Å²) in [7, 11) is -4.15. The van der Waals surface area contributed by atoms with Gasteiger partial charge in [-0.2, -0.15) is 8.42 Å². The van der Waals surface area contributed by atoms with Crippen LogP contribution in [0.15, 0.2) is 18.2 Å². The van der Waals surface area contributed by atoms with Crippen molar-refractivity contribution in [2.45, 2.75) is 115 Å². The summed E-state index contributed by atoms with van der Waals surface area (Å²) in [5.74, 6) is -0.636. The van der Waals surface area contributed by atoms with Crippen molar-refractivity contribution in [1.82, 2.24) is 0 Å². The molecule has 6 nitrogen and oxygen atoms in total. The van der Waals surface area contributed by atoms with Crippen LogP contribution in [0.25, 0.3) is 0 Å². The highest BCUT2D eigenvalue weighted by Crippen LogP contribution is 2.19. The highest BCUT2D eigenvalue weighted by molar-refractivity contribution is 7.85. The van der Waals surface area contributed by atoms with Crippen LogP contribution in [0.4, 0.5) is 11.4 Å². The van der Waals surface area contributed by atoms with E-state index in [4.69, 9.17) is 10.3 Å². The SMILES string of the molecule is CCCCCCCCCCCCCCCCCC(=O)Nc1cc(N)cc(CS(=O)(=O)O)c1. The molecule has 0 aliphatic carbocycles. The largest absolute Gasteiger partial charge is 0.399 e. The maximum absolute atomic E-state index is 12.1. The number of hydrogen-bond donors (Lipinski definition) is 3. The molecule has 1 rings (SSSR count). The fraction of sp³-hybridized carbons (Fsp3) is 0.720. The van der Waals surface area contributed by atoms with E-state index in [0.29, 0.717) is 23.4 Å². The number of anilines is 2. The molecule has 184 valence electrons. The molecule has 0 saturated carbocycles. The van der Waals surface area contributed by atoms with Crippen LogP contribution in [0.5, 0.6) is 0 Å². The molecule has 0 fully saturated rings. The summed E-state index contributed by atoms with van der Waals surface area (Å²) in [5, 5.41) is 2.76. The molecule has 32 heavy (non-hydrogen) atoms. The lowest BCUT2D eigenvalue weighted by atomic mass is 10.0. The van der Waals surface area contributed by atoms with Crippen molar-refractivity contribution in [3.05, 3.63) is 23.8 Å². The molecule has 1 aromatic carbocycles. The van der Waals surface area contributed by atoms with Crippen molar-refractivity contribution < 1.29 is 17.8 Å². The predicted molar refractivity (Wildman–Crippen MR) is 134 cm³/mol. The van der Waals surface area contributed by atoms with Crippen LogP contribution in [0.1, 0.15) is 115 Å². The summed E-state index contributed by atoms with van der Waals surface area (Å²) >= 11 is 0. The monoisotopic (exact) mass is 468 g/mol. The van der Waals surface area contributed by atoms with Gasteiger partial charge in [-0.05, 0) is 30.2 Å². The zero-order valence-corrected chi connectivity index (χ0v) is 20.7. The predicted octanol–water partition coefficient (Wildman–Crippen LogP) is 6.86.